The maximum absolute atomic E-state index is 11.7. The van der Waals surface area contributed by atoms with E-state index in [1.165, 1.54) is 11.5 Å². The van der Waals surface area contributed by atoms with Crippen molar-refractivity contribution in [2.45, 2.75) is 25.8 Å². The average Bonchev–Trinajstić information content (AvgIpc) is 3.33. The van der Waals surface area contributed by atoms with E-state index >= 15 is 0 Å². The molecule has 5 nitrogen and oxygen atoms in total. The Labute approximate surface area is 143 Å². The van der Waals surface area contributed by atoms with Crippen LogP contribution in [-0.2, 0) is 4.79 Å². The normalized spacial score (nSPS) is 14.8. The summed E-state index contributed by atoms with van der Waals surface area (Å²) in [5.41, 5.74) is 2.22. The number of rotatable bonds is 5. The molecule has 118 valence electrons. The average molecular weight is 347 g/mol. The Kier molecular flexibility index (Phi) is 4.51. The highest BCUT2D eigenvalue weighted by Gasteiger charge is 2.29. The minimum atomic E-state index is -0.00759. The number of carbonyl (C=O) groups excluding carboxylic acids is 1. The summed E-state index contributed by atoms with van der Waals surface area (Å²) in [7, 11) is 0. The quantitative estimate of drug-likeness (QED) is 0.850. The van der Waals surface area contributed by atoms with Crippen LogP contribution in [-0.4, -0.2) is 10.3 Å². The van der Waals surface area contributed by atoms with E-state index < -0.39 is 0 Å². The zero-order chi connectivity index (χ0) is 16.4. The van der Waals surface area contributed by atoms with Crippen molar-refractivity contribution >= 4 is 39.7 Å². The molecule has 1 amide bonds. The topological polar surface area (TPSA) is 77.8 Å². The molecule has 0 bridgehead atoms. The highest BCUT2D eigenvalue weighted by molar-refractivity contribution is 7.10. The van der Waals surface area contributed by atoms with Crippen LogP contribution in [0.3, 0.4) is 0 Å². The molecule has 3 rings (SSSR count). The van der Waals surface area contributed by atoms with Crippen LogP contribution in [0.4, 0.5) is 10.7 Å². The summed E-state index contributed by atoms with van der Waals surface area (Å²) in [6, 6.07) is 9.73. The number of nitrogens with zero attached hydrogens (tertiary/aromatic N) is 2. The molecule has 2 N–H and O–H groups in total. The minimum Gasteiger partial charge on any atom is -0.368 e. The summed E-state index contributed by atoms with van der Waals surface area (Å²) in [6.07, 6.45) is 1.98. The van der Waals surface area contributed by atoms with Crippen molar-refractivity contribution in [1.82, 2.24) is 4.37 Å². The number of anilines is 2. The van der Waals surface area contributed by atoms with Crippen molar-refractivity contribution in [2.75, 3.05) is 10.6 Å². The molecule has 0 spiro atoms. The van der Waals surface area contributed by atoms with Crippen LogP contribution in [0.25, 0.3) is 0 Å². The Morgan fingerprint density at radius 3 is 2.74 bits per heavy atom. The van der Waals surface area contributed by atoms with Crippen LogP contribution in [0.2, 0.25) is 5.15 Å². The van der Waals surface area contributed by atoms with Gasteiger partial charge in [-0.15, -0.1) is 0 Å². The van der Waals surface area contributed by atoms with Gasteiger partial charge in [0.2, 0.25) is 5.91 Å². The van der Waals surface area contributed by atoms with Crippen LogP contribution in [0, 0.1) is 17.2 Å². The summed E-state index contributed by atoms with van der Waals surface area (Å²) in [4.78, 5) is 11.7. The van der Waals surface area contributed by atoms with Crippen LogP contribution in [0.5, 0.6) is 0 Å². The number of nitriles is 1. The van der Waals surface area contributed by atoms with Gasteiger partial charge in [-0.3, -0.25) is 4.79 Å². The van der Waals surface area contributed by atoms with E-state index in [0.29, 0.717) is 10.6 Å². The largest absolute Gasteiger partial charge is 0.368 e. The SMILES string of the molecule is C[C@@H](Nc1snc(Cl)c1C#N)c1ccc(NC(=O)C2CC2)cc1. The second kappa shape index (κ2) is 6.57. The van der Waals surface area contributed by atoms with Gasteiger partial charge in [0.15, 0.2) is 5.15 Å². The molecule has 7 heteroatoms. The predicted molar refractivity (Wildman–Crippen MR) is 91.7 cm³/mol. The van der Waals surface area contributed by atoms with Gasteiger partial charge in [-0.2, -0.15) is 9.64 Å². The van der Waals surface area contributed by atoms with Crippen LogP contribution >= 0.6 is 23.1 Å². The van der Waals surface area contributed by atoms with Crippen LogP contribution < -0.4 is 10.6 Å². The Bertz CT molecular complexity index is 761. The number of benzene rings is 1. The van der Waals surface area contributed by atoms with Gasteiger partial charge in [0.05, 0.1) is 0 Å². The molecule has 1 aromatic heterocycles. The smallest absolute Gasteiger partial charge is 0.227 e. The summed E-state index contributed by atoms with van der Waals surface area (Å²) in [5.74, 6) is 0.289. The molecule has 2 aromatic rings. The molecule has 1 saturated carbocycles. The number of aromatic nitrogens is 1. The van der Waals surface area contributed by atoms with Crippen molar-refractivity contribution in [1.29, 1.82) is 5.26 Å². The first-order valence-electron chi connectivity index (χ1n) is 7.31. The van der Waals surface area contributed by atoms with Gasteiger partial charge in [0, 0.05) is 17.6 Å². The number of halogens is 1. The van der Waals surface area contributed by atoms with Gasteiger partial charge in [0.1, 0.15) is 16.6 Å². The van der Waals surface area contributed by atoms with E-state index in [4.69, 9.17) is 16.9 Å². The molecular formula is C16H15ClN4OS. The van der Waals surface area contributed by atoms with Crippen LogP contribution in [0.15, 0.2) is 24.3 Å². The summed E-state index contributed by atoms with van der Waals surface area (Å²) in [6.45, 7) is 1.99. The molecule has 1 aliphatic carbocycles. The Morgan fingerprint density at radius 1 is 1.43 bits per heavy atom. The third-order valence-electron chi connectivity index (χ3n) is 3.74. The molecule has 1 aromatic carbocycles. The van der Waals surface area contributed by atoms with Gasteiger partial charge in [-0.05, 0) is 49.0 Å². The van der Waals surface area contributed by atoms with E-state index in [2.05, 4.69) is 21.1 Å². The molecule has 1 atom stereocenters. The Hall–Kier alpha value is -2.10. The lowest BCUT2D eigenvalue weighted by Gasteiger charge is -2.15. The highest BCUT2D eigenvalue weighted by atomic mass is 35.5. The van der Waals surface area contributed by atoms with E-state index in [1.807, 2.05) is 31.2 Å². The first-order chi connectivity index (χ1) is 11.1. The van der Waals surface area contributed by atoms with Gasteiger partial charge in [-0.1, -0.05) is 23.7 Å². The van der Waals surface area contributed by atoms with Crippen molar-refractivity contribution in [3.05, 3.63) is 40.5 Å². The lowest BCUT2D eigenvalue weighted by Crippen LogP contribution is -2.13. The van der Waals surface area contributed by atoms with Gasteiger partial charge in [0.25, 0.3) is 0 Å². The second-order valence-corrected chi connectivity index (χ2v) is 6.67. The zero-order valence-electron chi connectivity index (χ0n) is 12.5. The number of hydrogen-bond donors (Lipinski definition) is 2. The Balaban J connectivity index is 1.66. The predicted octanol–water partition coefficient (Wildman–Crippen LogP) is 4.19. The third-order valence-corrected chi connectivity index (χ3v) is 4.89. The van der Waals surface area contributed by atoms with E-state index in [9.17, 15) is 4.79 Å². The van der Waals surface area contributed by atoms with Gasteiger partial charge < -0.3 is 10.6 Å². The lowest BCUT2D eigenvalue weighted by molar-refractivity contribution is -0.117. The van der Waals surface area contributed by atoms with Crippen molar-refractivity contribution in [2.24, 2.45) is 5.92 Å². The molecule has 1 aliphatic rings. The summed E-state index contributed by atoms with van der Waals surface area (Å²) in [5, 5.41) is 16.1. The maximum Gasteiger partial charge on any atom is 0.227 e. The molecule has 0 saturated heterocycles. The van der Waals surface area contributed by atoms with Crippen molar-refractivity contribution in [3.8, 4) is 6.07 Å². The van der Waals surface area contributed by atoms with E-state index in [-0.39, 0.29) is 23.0 Å². The fourth-order valence-corrected chi connectivity index (χ4v) is 3.21. The maximum atomic E-state index is 11.7. The molecule has 1 heterocycles. The van der Waals surface area contributed by atoms with Gasteiger partial charge in [-0.25, -0.2) is 0 Å². The number of hydrogen-bond acceptors (Lipinski definition) is 5. The monoisotopic (exact) mass is 346 g/mol. The molecule has 23 heavy (non-hydrogen) atoms. The molecule has 0 aliphatic heterocycles. The second-order valence-electron chi connectivity index (χ2n) is 5.54. The molecular weight excluding hydrogens is 332 g/mol. The highest BCUT2D eigenvalue weighted by Crippen LogP contribution is 2.32. The van der Waals surface area contributed by atoms with E-state index in [1.54, 1.807) is 0 Å². The number of carbonyl (C=O) groups is 1. The summed E-state index contributed by atoms with van der Waals surface area (Å²) < 4.78 is 3.98. The third kappa shape index (κ3) is 3.63. The fraction of sp³-hybridized carbons (Fsp3) is 0.312. The summed E-state index contributed by atoms with van der Waals surface area (Å²) >= 11 is 7.04. The molecule has 0 radical (unpaired) electrons. The van der Waals surface area contributed by atoms with Gasteiger partial charge >= 0.3 is 0 Å². The molecule has 1 fully saturated rings. The zero-order valence-corrected chi connectivity index (χ0v) is 14.0. The first kappa shape index (κ1) is 15.8. The molecule has 0 unspecified atom stereocenters. The number of nitrogens with one attached hydrogen (secondary N) is 2. The van der Waals surface area contributed by atoms with Crippen molar-refractivity contribution < 1.29 is 4.79 Å². The fourth-order valence-electron chi connectivity index (χ4n) is 2.19. The van der Waals surface area contributed by atoms with Crippen molar-refractivity contribution in [3.63, 3.8) is 0 Å². The number of amides is 1. The van der Waals surface area contributed by atoms with Crippen LogP contribution in [0.1, 0.15) is 36.9 Å². The minimum absolute atomic E-state index is 0.00759. The Morgan fingerprint density at radius 2 is 2.13 bits per heavy atom. The first-order valence-corrected chi connectivity index (χ1v) is 8.46. The lowest BCUT2D eigenvalue weighted by atomic mass is 10.1. The van der Waals surface area contributed by atoms with E-state index in [0.717, 1.165) is 24.1 Å². The standard InChI is InChI=1S/C16H15ClN4OS/c1-9(19-16-13(8-18)14(17)21-23-16)10-4-6-12(7-5-10)20-15(22)11-2-3-11/h4-7,9,11,19H,2-3H2,1H3,(H,20,22)/t9-/m1/s1.